The summed E-state index contributed by atoms with van der Waals surface area (Å²) in [5, 5.41) is 0. The predicted octanol–water partition coefficient (Wildman–Crippen LogP) is 2.38. The van der Waals surface area contributed by atoms with Crippen molar-refractivity contribution in [3.05, 3.63) is 35.9 Å². The number of benzene rings is 1. The molecule has 0 spiro atoms. The number of carbonyl (C=O) groups is 1. The second-order valence-corrected chi connectivity index (χ2v) is 2.92. The van der Waals surface area contributed by atoms with E-state index in [4.69, 9.17) is 6.42 Å². The smallest absolute Gasteiger partial charge is 0.120 e. The van der Waals surface area contributed by atoms with Crippen molar-refractivity contribution in [2.75, 3.05) is 0 Å². The number of carbonyl (C=O) groups excluding carboxylic acids is 1. The molecule has 1 aromatic rings. The van der Waals surface area contributed by atoms with E-state index >= 15 is 0 Å². The standard InChI is InChI=1S/C12H12O/c1-2-6-11(9-10-13)12-7-4-3-5-8-12/h1,3-5,7-8,10-11H,6,9H2. The molecule has 1 aromatic carbocycles. The van der Waals surface area contributed by atoms with E-state index in [1.165, 1.54) is 0 Å². The molecule has 0 aromatic heterocycles. The fraction of sp³-hybridized carbons (Fsp3) is 0.250. The van der Waals surface area contributed by atoms with Gasteiger partial charge in [0.05, 0.1) is 0 Å². The Morgan fingerprint density at radius 1 is 1.38 bits per heavy atom. The lowest BCUT2D eigenvalue weighted by Gasteiger charge is -2.10. The Morgan fingerprint density at radius 2 is 2.08 bits per heavy atom. The number of aldehydes is 1. The van der Waals surface area contributed by atoms with Crippen LogP contribution in [-0.4, -0.2) is 6.29 Å². The largest absolute Gasteiger partial charge is 0.303 e. The molecule has 0 amide bonds. The van der Waals surface area contributed by atoms with Gasteiger partial charge in [-0.2, -0.15) is 0 Å². The van der Waals surface area contributed by atoms with Gasteiger partial charge in [0.15, 0.2) is 0 Å². The Kier molecular flexibility index (Phi) is 3.78. The Balaban J connectivity index is 2.76. The minimum atomic E-state index is 0.184. The molecule has 1 heteroatoms. The van der Waals surface area contributed by atoms with Gasteiger partial charge in [-0.3, -0.25) is 0 Å². The maximum atomic E-state index is 10.4. The van der Waals surface area contributed by atoms with Gasteiger partial charge >= 0.3 is 0 Å². The van der Waals surface area contributed by atoms with Crippen LogP contribution in [0.3, 0.4) is 0 Å². The molecule has 1 nitrogen and oxygen atoms in total. The molecule has 0 aliphatic heterocycles. The fourth-order valence-corrected chi connectivity index (χ4v) is 1.32. The summed E-state index contributed by atoms with van der Waals surface area (Å²) in [5.74, 6) is 2.78. The zero-order chi connectivity index (χ0) is 9.52. The van der Waals surface area contributed by atoms with Crippen molar-refractivity contribution in [1.29, 1.82) is 0 Å². The molecule has 0 bridgehead atoms. The van der Waals surface area contributed by atoms with Crippen LogP contribution in [0.25, 0.3) is 0 Å². The summed E-state index contributed by atoms with van der Waals surface area (Å²) >= 11 is 0. The van der Waals surface area contributed by atoms with E-state index in [-0.39, 0.29) is 5.92 Å². The van der Waals surface area contributed by atoms with Gasteiger partial charge in [0.1, 0.15) is 6.29 Å². The van der Waals surface area contributed by atoms with E-state index in [9.17, 15) is 4.79 Å². The molecule has 0 N–H and O–H groups in total. The van der Waals surface area contributed by atoms with E-state index in [1.54, 1.807) is 0 Å². The Bertz CT molecular complexity index is 295. The van der Waals surface area contributed by atoms with E-state index < -0.39 is 0 Å². The Labute approximate surface area is 78.8 Å². The van der Waals surface area contributed by atoms with Gasteiger partial charge in [-0.15, -0.1) is 12.3 Å². The molecule has 66 valence electrons. The van der Waals surface area contributed by atoms with Crippen LogP contribution in [0.5, 0.6) is 0 Å². The van der Waals surface area contributed by atoms with Gasteiger partial charge in [0.2, 0.25) is 0 Å². The molecule has 0 radical (unpaired) electrons. The van der Waals surface area contributed by atoms with E-state index in [1.807, 2.05) is 30.3 Å². The van der Waals surface area contributed by atoms with Crippen molar-refractivity contribution in [1.82, 2.24) is 0 Å². The highest BCUT2D eigenvalue weighted by atomic mass is 16.1. The summed E-state index contributed by atoms with van der Waals surface area (Å²) in [6, 6.07) is 9.89. The highest BCUT2D eigenvalue weighted by Crippen LogP contribution is 2.21. The van der Waals surface area contributed by atoms with Crippen molar-refractivity contribution in [2.24, 2.45) is 0 Å². The molecule has 13 heavy (non-hydrogen) atoms. The maximum Gasteiger partial charge on any atom is 0.120 e. The second kappa shape index (κ2) is 5.16. The molecule has 1 unspecified atom stereocenters. The molecule has 0 aliphatic carbocycles. The molecule has 0 saturated carbocycles. The summed E-state index contributed by atoms with van der Waals surface area (Å²) in [5.41, 5.74) is 1.15. The molecular formula is C12H12O. The van der Waals surface area contributed by atoms with Gasteiger partial charge in [-0.25, -0.2) is 0 Å². The minimum absolute atomic E-state index is 0.184. The number of terminal acetylenes is 1. The first-order valence-corrected chi connectivity index (χ1v) is 4.30. The zero-order valence-corrected chi connectivity index (χ0v) is 7.44. The maximum absolute atomic E-state index is 10.4. The van der Waals surface area contributed by atoms with Crippen molar-refractivity contribution >= 4 is 6.29 Å². The molecular weight excluding hydrogens is 160 g/mol. The van der Waals surface area contributed by atoms with Crippen molar-refractivity contribution in [3.8, 4) is 12.3 Å². The highest BCUT2D eigenvalue weighted by Gasteiger charge is 2.08. The van der Waals surface area contributed by atoms with Gasteiger partial charge in [-0.1, -0.05) is 30.3 Å². The highest BCUT2D eigenvalue weighted by molar-refractivity contribution is 5.51. The van der Waals surface area contributed by atoms with Crippen LogP contribution in [0.15, 0.2) is 30.3 Å². The van der Waals surface area contributed by atoms with Gasteiger partial charge in [-0.05, 0) is 5.56 Å². The normalized spacial score (nSPS) is 11.6. The summed E-state index contributed by atoms with van der Waals surface area (Å²) in [6.07, 6.45) is 7.29. The average Bonchev–Trinajstić information content (AvgIpc) is 2.19. The second-order valence-electron chi connectivity index (χ2n) is 2.92. The fourth-order valence-electron chi connectivity index (χ4n) is 1.32. The Morgan fingerprint density at radius 3 is 2.62 bits per heavy atom. The summed E-state index contributed by atoms with van der Waals surface area (Å²) in [7, 11) is 0. The summed E-state index contributed by atoms with van der Waals surface area (Å²) in [6.45, 7) is 0. The van der Waals surface area contributed by atoms with Gasteiger partial charge in [0, 0.05) is 18.8 Å². The summed E-state index contributed by atoms with van der Waals surface area (Å²) in [4.78, 5) is 10.4. The van der Waals surface area contributed by atoms with Crippen LogP contribution in [-0.2, 0) is 4.79 Å². The SMILES string of the molecule is C#CCC(CC=O)c1ccccc1. The van der Waals surface area contributed by atoms with E-state index in [0.29, 0.717) is 12.8 Å². The third-order valence-electron chi connectivity index (χ3n) is 2.02. The molecule has 1 rings (SSSR count). The molecule has 1 atom stereocenters. The van der Waals surface area contributed by atoms with Crippen molar-refractivity contribution in [3.63, 3.8) is 0 Å². The van der Waals surface area contributed by atoms with E-state index in [0.717, 1.165) is 11.8 Å². The van der Waals surface area contributed by atoms with Gasteiger partial charge in [0.25, 0.3) is 0 Å². The zero-order valence-electron chi connectivity index (χ0n) is 7.44. The molecule has 0 saturated heterocycles. The predicted molar refractivity (Wildman–Crippen MR) is 53.3 cm³/mol. The summed E-state index contributed by atoms with van der Waals surface area (Å²) < 4.78 is 0. The van der Waals surface area contributed by atoms with Gasteiger partial charge < -0.3 is 4.79 Å². The minimum Gasteiger partial charge on any atom is -0.303 e. The van der Waals surface area contributed by atoms with Crippen LogP contribution in [0, 0.1) is 12.3 Å². The monoisotopic (exact) mass is 172 g/mol. The number of hydrogen-bond acceptors (Lipinski definition) is 1. The van der Waals surface area contributed by atoms with Crippen LogP contribution < -0.4 is 0 Å². The lowest BCUT2D eigenvalue weighted by molar-refractivity contribution is -0.108. The molecule has 0 fully saturated rings. The quantitative estimate of drug-likeness (QED) is 0.503. The van der Waals surface area contributed by atoms with E-state index in [2.05, 4.69) is 5.92 Å². The lowest BCUT2D eigenvalue weighted by atomic mass is 9.94. The Hall–Kier alpha value is -1.55. The third kappa shape index (κ3) is 2.76. The van der Waals surface area contributed by atoms with Crippen molar-refractivity contribution < 1.29 is 4.79 Å². The van der Waals surface area contributed by atoms with Crippen LogP contribution in [0.2, 0.25) is 0 Å². The number of rotatable bonds is 4. The molecule has 0 heterocycles. The number of hydrogen-bond donors (Lipinski definition) is 0. The third-order valence-corrected chi connectivity index (χ3v) is 2.02. The first-order valence-electron chi connectivity index (χ1n) is 4.30. The van der Waals surface area contributed by atoms with Crippen LogP contribution in [0.4, 0.5) is 0 Å². The van der Waals surface area contributed by atoms with Crippen LogP contribution >= 0.6 is 0 Å². The van der Waals surface area contributed by atoms with Crippen molar-refractivity contribution in [2.45, 2.75) is 18.8 Å². The average molecular weight is 172 g/mol. The molecule has 0 aliphatic rings. The first-order chi connectivity index (χ1) is 6.38. The van der Waals surface area contributed by atoms with Crippen LogP contribution in [0.1, 0.15) is 24.3 Å². The topological polar surface area (TPSA) is 17.1 Å². The lowest BCUT2D eigenvalue weighted by Crippen LogP contribution is -1.98. The first kappa shape index (κ1) is 9.54.